The zero-order valence-electron chi connectivity index (χ0n) is 11.1. The van der Waals surface area contributed by atoms with E-state index in [0.29, 0.717) is 11.5 Å². The third-order valence-corrected chi connectivity index (χ3v) is 3.74. The van der Waals surface area contributed by atoms with Crippen molar-refractivity contribution >= 4 is 0 Å². The van der Waals surface area contributed by atoms with Crippen LogP contribution in [0.5, 0.6) is 0 Å². The molecule has 1 rings (SSSR count). The molecule has 0 saturated heterocycles. The normalized spacial score (nSPS) is 21.2. The lowest BCUT2D eigenvalue weighted by molar-refractivity contribution is 0.124. The van der Waals surface area contributed by atoms with Crippen LogP contribution in [0.3, 0.4) is 0 Å². The van der Waals surface area contributed by atoms with Crippen LogP contribution in [0.1, 0.15) is 39.0 Å². The lowest BCUT2D eigenvalue weighted by Gasteiger charge is -2.30. The van der Waals surface area contributed by atoms with Gasteiger partial charge in [0.25, 0.3) is 0 Å². The summed E-state index contributed by atoms with van der Waals surface area (Å²) in [6.07, 6.45) is 6.65. The molecule has 1 atom stereocenters. The third-order valence-electron chi connectivity index (χ3n) is 3.74. The van der Waals surface area contributed by atoms with Gasteiger partial charge in [0.05, 0.1) is 6.61 Å². The molecular formula is C13H27NO2. The van der Waals surface area contributed by atoms with Crippen LogP contribution < -0.4 is 5.32 Å². The summed E-state index contributed by atoms with van der Waals surface area (Å²) in [4.78, 5) is 0. The van der Waals surface area contributed by atoms with Crippen LogP contribution in [0.15, 0.2) is 0 Å². The van der Waals surface area contributed by atoms with Crippen LogP contribution in [-0.2, 0) is 9.47 Å². The van der Waals surface area contributed by atoms with Crippen molar-refractivity contribution in [3.8, 4) is 0 Å². The Bertz CT molecular complexity index is 179. The van der Waals surface area contributed by atoms with E-state index in [4.69, 9.17) is 9.47 Å². The lowest BCUT2D eigenvalue weighted by Crippen LogP contribution is -2.39. The van der Waals surface area contributed by atoms with Crippen LogP contribution in [0.4, 0.5) is 0 Å². The van der Waals surface area contributed by atoms with E-state index in [2.05, 4.69) is 12.2 Å². The first kappa shape index (κ1) is 13.9. The van der Waals surface area contributed by atoms with Crippen molar-refractivity contribution in [1.82, 2.24) is 5.32 Å². The highest BCUT2D eigenvalue weighted by Gasteiger charge is 2.33. The Morgan fingerprint density at radius 2 is 1.88 bits per heavy atom. The van der Waals surface area contributed by atoms with Crippen LogP contribution >= 0.6 is 0 Å². The topological polar surface area (TPSA) is 30.5 Å². The molecule has 0 amide bonds. The van der Waals surface area contributed by atoms with Crippen molar-refractivity contribution in [3.63, 3.8) is 0 Å². The summed E-state index contributed by atoms with van der Waals surface area (Å²) in [6, 6.07) is 0.449. The summed E-state index contributed by atoms with van der Waals surface area (Å²) < 4.78 is 10.4. The number of rotatable bonds is 8. The number of methoxy groups -OCH3 is 2. The lowest BCUT2D eigenvalue weighted by atomic mass is 9.82. The molecule has 1 unspecified atom stereocenters. The minimum Gasteiger partial charge on any atom is -0.385 e. The van der Waals surface area contributed by atoms with Gasteiger partial charge in [0.2, 0.25) is 0 Å². The second-order valence-corrected chi connectivity index (χ2v) is 5.19. The SMILES string of the molecule is COCCC1(CNC(C)COC)CCCC1. The van der Waals surface area contributed by atoms with Crippen LogP contribution in [0.2, 0.25) is 0 Å². The maximum atomic E-state index is 5.23. The van der Waals surface area contributed by atoms with Gasteiger partial charge < -0.3 is 14.8 Å². The number of ether oxygens (including phenoxy) is 2. The Labute approximate surface area is 99.9 Å². The van der Waals surface area contributed by atoms with Crippen molar-refractivity contribution in [2.75, 3.05) is 34.0 Å². The first-order valence-corrected chi connectivity index (χ1v) is 6.44. The zero-order chi connectivity index (χ0) is 11.9. The largest absolute Gasteiger partial charge is 0.385 e. The van der Waals surface area contributed by atoms with Crippen molar-refractivity contribution in [1.29, 1.82) is 0 Å². The zero-order valence-corrected chi connectivity index (χ0v) is 11.1. The Balaban J connectivity index is 2.32. The molecule has 0 heterocycles. The molecule has 0 aromatic rings. The highest BCUT2D eigenvalue weighted by molar-refractivity contribution is 4.87. The van der Waals surface area contributed by atoms with E-state index in [1.807, 2.05) is 0 Å². The molecule has 0 aromatic carbocycles. The fourth-order valence-electron chi connectivity index (χ4n) is 2.66. The molecule has 1 N–H and O–H groups in total. The summed E-state index contributed by atoms with van der Waals surface area (Å²) >= 11 is 0. The molecule has 0 bridgehead atoms. The van der Waals surface area contributed by atoms with Crippen molar-refractivity contribution in [2.45, 2.75) is 45.1 Å². The van der Waals surface area contributed by atoms with Gasteiger partial charge in [-0.2, -0.15) is 0 Å². The molecule has 1 aliphatic carbocycles. The Hall–Kier alpha value is -0.120. The van der Waals surface area contributed by atoms with Gasteiger partial charge in [-0.3, -0.25) is 0 Å². The van der Waals surface area contributed by atoms with Gasteiger partial charge in [0, 0.05) is 33.4 Å². The van der Waals surface area contributed by atoms with Gasteiger partial charge >= 0.3 is 0 Å². The molecule has 0 aromatic heterocycles. The van der Waals surface area contributed by atoms with Crippen molar-refractivity contribution in [3.05, 3.63) is 0 Å². The van der Waals surface area contributed by atoms with Crippen LogP contribution in [-0.4, -0.2) is 40.0 Å². The Morgan fingerprint density at radius 1 is 1.19 bits per heavy atom. The highest BCUT2D eigenvalue weighted by Crippen LogP contribution is 2.40. The van der Waals surface area contributed by atoms with E-state index < -0.39 is 0 Å². The monoisotopic (exact) mass is 229 g/mol. The van der Waals surface area contributed by atoms with Gasteiger partial charge in [0.1, 0.15) is 0 Å². The predicted molar refractivity (Wildman–Crippen MR) is 66.7 cm³/mol. The van der Waals surface area contributed by atoms with Crippen LogP contribution in [0, 0.1) is 5.41 Å². The minimum absolute atomic E-state index is 0.449. The maximum absolute atomic E-state index is 5.23. The number of hydrogen-bond donors (Lipinski definition) is 1. The fraction of sp³-hybridized carbons (Fsp3) is 1.00. The molecular weight excluding hydrogens is 202 g/mol. The molecule has 0 radical (unpaired) electrons. The summed E-state index contributed by atoms with van der Waals surface area (Å²) in [5.41, 5.74) is 0.484. The quantitative estimate of drug-likeness (QED) is 0.692. The van der Waals surface area contributed by atoms with E-state index in [1.165, 1.54) is 32.1 Å². The molecule has 0 aliphatic heterocycles. The Morgan fingerprint density at radius 3 is 2.44 bits per heavy atom. The summed E-state index contributed by atoms with van der Waals surface area (Å²) in [5.74, 6) is 0. The average Bonchev–Trinajstić information content (AvgIpc) is 2.74. The molecule has 3 heteroatoms. The van der Waals surface area contributed by atoms with Gasteiger partial charge in [-0.1, -0.05) is 12.8 Å². The number of nitrogens with one attached hydrogen (secondary N) is 1. The van der Waals surface area contributed by atoms with Crippen molar-refractivity contribution in [2.24, 2.45) is 5.41 Å². The first-order valence-electron chi connectivity index (χ1n) is 6.44. The van der Waals surface area contributed by atoms with Gasteiger partial charge in [-0.05, 0) is 31.6 Å². The highest BCUT2D eigenvalue weighted by atomic mass is 16.5. The Kier molecular flexibility index (Phi) is 6.32. The third kappa shape index (κ3) is 4.40. The second-order valence-electron chi connectivity index (χ2n) is 5.19. The maximum Gasteiger partial charge on any atom is 0.0613 e. The minimum atomic E-state index is 0.449. The summed E-state index contributed by atoms with van der Waals surface area (Å²) in [7, 11) is 3.55. The van der Waals surface area contributed by atoms with E-state index in [0.717, 1.165) is 19.8 Å². The van der Waals surface area contributed by atoms with E-state index in [1.54, 1.807) is 14.2 Å². The molecule has 3 nitrogen and oxygen atoms in total. The number of hydrogen-bond acceptors (Lipinski definition) is 3. The first-order chi connectivity index (χ1) is 7.72. The second kappa shape index (κ2) is 7.25. The van der Waals surface area contributed by atoms with E-state index in [-0.39, 0.29) is 0 Å². The summed E-state index contributed by atoms with van der Waals surface area (Å²) in [6.45, 7) is 4.98. The molecule has 96 valence electrons. The average molecular weight is 229 g/mol. The fourth-order valence-corrected chi connectivity index (χ4v) is 2.66. The van der Waals surface area contributed by atoms with Gasteiger partial charge in [0.15, 0.2) is 0 Å². The molecule has 1 saturated carbocycles. The van der Waals surface area contributed by atoms with E-state index >= 15 is 0 Å². The van der Waals surface area contributed by atoms with E-state index in [9.17, 15) is 0 Å². The smallest absolute Gasteiger partial charge is 0.0613 e. The standard InChI is InChI=1S/C13H27NO2/c1-12(10-16-3)14-11-13(8-9-15-2)6-4-5-7-13/h12,14H,4-11H2,1-3H3. The van der Waals surface area contributed by atoms with Crippen LogP contribution in [0.25, 0.3) is 0 Å². The summed E-state index contributed by atoms with van der Waals surface area (Å²) in [5, 5.41) is 3.59. The predicted octanol–water partition coefficient (Wildman–Crippen LogP) is 2.21. The molecule has 0 spiro atoms. The molecule has 1 fully saturated rings. The molecule has 1 aliphatic rings. The van der Waals surface area contributed by atoms with Gasteiger partial charge in [-0.15, -0.1) is 0 Å². The molecule has 16 heavy (non-hydrogen) atoms. The van der Waals surface area contributed by atoms with Gasteiger partial charge in [-0.25, -0.2) is 0 Å². The van der Waals surface area contributed by atoms with Crippen molar-refractivity contribution < 1.29 is 9.47 Å².